The third kappa shape index (κ3) is 3.20. The highest BCUT2D eigenvalue weighted by molar-refractivity contribution is 6.08. The van der Waals surface area contributed by atoms with Gasteiger partial charge in [-0.2, -0.15) is 0 Å². The molecule has 1 fully saturated rings. The Morgan fingerprint density at radius 1 is 1.24 bits per heavy atom. The van der Waals surface area contributed by atoms with Crippen molar-refractivity contribution in [3.8, 4) is 5.75 Å². The van der Waals surface area contributed by atoms with Crippen LogP contribution in [-0.4, -0.2) is 48.5 Å². The lowest BCUT2D eigenvalue weighted by molar-refractivity contribution is -0.125. The van der Waals surface area contributed by atoms with E-state index in [-0.39, 0.29) is 30.2 Å². The molecule has 0 aliphatic carbocycles. The third-order valence-corrected chi connectivity index (χ3v) is 5.80. The lowest BCUT2D eigenvalue weighted by Crippen LogP contribution is -2.52. The predicted octanol–water partition coefficient (Wildman–Crippen LogP) is 1.81. The first kappa shape index (κ1) is 20.9. The number of ether oxygens (including phenoxy) is 2. The van der Waals surface area contributed by atoms with Gasteiger partial charge in [-0.05, 0) is 23.3 Å². The van der Waals surface area contributed by atoms with Crippen molar-refractivity contribution in [2.24, 2.45) is 0 Å². The number of rotatable bonds is 6. The van der Waals surface area contributed by atoms with Gasteiger partial charge < -0.3 is 24.1 Å². The van der Waals surface area contributed by atoms with Gasteiger partial charge in [-0.1, -0.05) is 6.07 Å². The van der Waals surface area contributed by atoms with E-state index in [9.17, 15) is 18.8 Å². The molecule has 170 valence electrons. The monoisotopic (exact) mass is 454 g/mol. The minimum Gasteiger partial charge on any atom is -0.494 e. The minimum atomic E-state index is -1.71. The normalized spacial score (nSPS) is 19.7. The maximum absolute atomic E-state index is 14.8. The first-order valence-electron chi connectivity index (χ1n) is 10.0. The molecule has 1 atom stereocenters. The molecule has 2 N–H and O–H groups in total. The van der Waals surface area contributed by atoms with Crippen LogP contribution in [0, 0.1) is 5.82 Å². The Morgan fingerprint density at radius 3 is 2.76 bits per heavy atom. The zero-order valence-electron chi connectivity index (χ0n) is 17.7. The van der Waals surface area contributed by atoms with Crippen molar-refractivity contribution in [2.75, 3.05) is 20.8 Å². The van der Waals surface area contributed by atoms with Crippen molar-refractivity contribution in [3.05, 3.63) is 58.7 Å². The molecule has 5 rings (SSSR count). The van der Waals surface area contributed by atoms with Crippen LogP contribution in [0.4, 0.5) is 9.18 Å². The van der Waals surface area contributed by atoms with Gasteiger partial charge in [0, 0.05) is 25.9 Å². The SMILES string of the molecule is COCc1cnc2cc([C@]3(CN4Cc5ccc(OC)c(F)c5C4=O)NC(=O)NC3=O)oc2c1. The van der Waals surface area contributed by atoms with Gasteiger partial charge in [0.2, 0.25) is 0 Å². The van der Waals surface area contributed by atoms with E-state index in [4.69, 9.17) is 13.9 Å². The Kier molecular flexibility index (Phi) is 4.78. The number of benzene rings is 1. The average Bonchev–Trinajstić information content (AvgIpc) is 3.43. The van der Waals surface area contributed by atoms with Gasteiger partial charge in [0.25, 0.3) is 11.8 Å². The van der Waals surface area contributed by atoms with Gasteiger partial charge in [-0.15, -0.1) is 0 Å². The fourth-order valence-electron chi connectivity index (χ4n) is 4.24. The summed E-state index contributed by atoms with van der Waals surface area (Å²) < 4.78 is 30.7. The zero-order chi connectivity index (χ0) is 23.3. The molecule has 0 bridgehead atoms. The molecule has 10 nitrogen and oxygen atoms in total. The second-order valence-electron chi connectivity index (χ2n) is 7.86. The molecule has 2 aliphatic heterocycles. The van der Waals surface area contributed by atoms with Crippen LogP contribution in [-0.2, 0) is 28.2 Å². The fourth-order valence-corrected chi connectivity index (χ4v) is 4.24. The number of halogens is 1. The molecule has 0 spiro atoms. The maximum atomic E-state index is 14.8. The molecule has 3 aromatic rings. The molecule has 2 aromatic heterocycles. The number of nitrogens with zero attached hydrogens (tertiary/aromatic N) is 2. The molecule has 1 saturated heterocycles. The summed E-state index contributed by atoms with van der Waals surface area (Å²) in [5.74, 6) is -2.03. The van der Waals surface area contributed by atoms with Crippen molar-refractivity contribution in [2.45, 2.75) is 18.7 Å². The Hall–Kier alpha value is -3.99. The topological polar surface area (TPSA) is 123 Å². The molecule has 0 saturated carbocycles. The predicted molar refractivity (Wildman–Crippen MR) is 111 cm³/mol. The maximum Gasteiger partial charge on any atom is 0.322 e. The van der Waals surface area contributed by atoms with E-state index in [1.54, 1.807) is 25.4 Å². The Balaban J connectivity index is 1.54. The van der Waals surface area contributed by atoms with E-state index < -0.39 is 29.2 Å². The van der Waals surface area contributed by atoms with E-state index in [1.165, 1.54) is 24.1 Å². The molecule has 1 aromatic carbocycles. The van der Waals surface area contributed by atoms with Crippen LogP contribution in [0.15, 0.2) is 34.9 Å². The van der Waals surface area contributed by atoms with Crippen molar-refractivity contribution in [3.63, 3.8) is 0 Å². The van der Waals surface area contributed by atoms with Gasteiger partial charge in [0.05, 0.1) is 25.8 Å². The summed E-state index contributed by atoms with van der Waals surface area (Å²) in [7, 11) is 2.86. The molecule has 4 heterocycles. The van der Waals surface area contributed by atoms with Gasteiger partial charge in [0.15, 0.2) is 22.7 Å². The first-order chi connectivity index (χ1) is 15.9. The number of hydrogen-bond donors (Lipinski definition) is 2. The molecule has 4 amide bonds. The van der Waals surface area contributed by atoms with Crippen LogP contribution in [0.1, 0.15) is 27.2 Å². The molecular formula is C22H19FN4O6. The lowest BCUT2D eigenvalue weighted by Gasteiger charge is -2.28. The van der Waals surface area contributed by atoms with E-state index in [1.807, 2.05) is 0 Å². The summed E-state index contributed by atoms with van der Waals surface area (Å²) in [5, 5.41) is 4.79. The summed E-state index contributed by atoms with van der Waals surface area (Å²) in [4.78, 5) is 43.7. The zero-order valence-corrected chi connectivity index (χ0v) is 17.7. The number of nitrogens with one attached hydrogen (secondary N) is 2. The Morgan fingerprint density at radius 2 is 2.06 bits per heavy atom. The number of fused-ring (bicyclic) bond motifs is 2. The van der Waals surface area contributed by atoms with Crippen molar-refractivity contribution >= 4 is 28.9 Å². The number of furan rings is 1. The summed E-state index contributed by atoms with van der Waals surface area (Å²) in [6.07, 6.45) is 1.61. The fraction of sp³-hybridized carbons (Fsp3) is 0.273. The van der Waals surface area contributed by atoms with E-state index in [2.05, 4.69) is 15.6 Å². The number of carbonyl (C=O) groups excluding carboxylic acids is 3. The van der Waals surface area contributed by atoms with Crippen LogP contribution in [0.5, 0.6) is 5.75 Å². The number of aromatic nitrogens is 1. The molecule has 0 radical (unpaired) electrons. The second-order valence-corrected chi connectivity index (χ2v) is 7.86. The van der Waals surface area contributed by atoms with Crippen LogP contribution in [0.3, 0.4) is 0 Å². The summed E-state index contributed by atoms with van der Waals surface area (Å²) >= 11 is 0. The van der Waals surface area contributed by atoms with Gasteiger partial charge in [-0.3, -0.25) is 19.9 Å². The molecule has 11 heteroatoms. The first-order valence-corrected chi connectivity index (χ1v) is 10.0. The molecule has 0 unspecified atom stereocenters. The number of carbonyl (C=O) groups is 3. The number of imide groups is 1. The number of hydrogen-bond acceptors (Lipinski definition) is 7. The molecule has 2 aliphatic rings. The molecule has 33 heavy (non-hydrogen) atoms. The lowest BCUT2D eigenvalue weighted by atomic mass is 9.95. The highest BCUT2D eigenvalue weighted by Crippen LogP contribution is 2.36. The number of amides is 4. The van der Waals surface area contributed by atoms with E-state index in [0.717, 1.165) is 5.56 Å². The van der Waals surface area contributed by atoms with Crippen LogP contribution < -0.4 is 15.4 Å². The summed E-state index contributed by atoms with van der Waals surface area (Å²) in [6.45, 7) is 0.0952. The van der Waals surface area contributed by atoms with Crippen molar-refractivity contribution < 1.29 is 32.7 Å². The van der Waals surface area contributed by atoms with E-state index >= 15 is 0 Å². The summed E-state index contributed by atoms with van der Waals surface area (Å²) in [5.41, 5.74) is 0.231. The standard InChI is InChI=1S/C22H19FN4O6/c1-31-9-11-5-15-13(24-7-11)6-16(33-15)22(20(29)25-21(30)26-22)10-27-8-12-3-4-14(32-2)18(23)17(12)19(27)28/h3-7H,8-10H2,1-2H3,(H2,25,26,29,30)/t22-/m0/s1. The molecular weight excluding hydrogens is 435 g/mol. The van der Waals surface area contributed by atoms with Crippen LogP contribution in [0.25, 0.3) is 11.1 Å². The minimum absolute atomic E-state index is 0.0520. The van der Waals surface area contributed by atoms with Gasteiger partial charge in [-0.25, -0.2) is 9.18 Å². The number of methoxy groups -OCH3 is 2. The van der Waals surface area contributed by atoms with Crippen LogP contribution >= 0.6 is 0 Å². The highest BCUT2D eigenvalue weighted by Gasteiger charge is 2.53. The number of urea groups is 1. The Bertz CT molecular complexity index is 1320. The smallest absolute Gasteiger partial charge is 0.322 e. The summed E-state index contributed by atoms with van der Waals surface area (Å²) in [6, 6.07) is 5.56. The third-order valence-electron chi connectivity index (χ3n) is 5.80. The average molecular weight is 454 g/mol. The van der Waals surface area contributed by atoms with Gasteiger partial charge in [0.1, 0.15) is 11.3 Å². The largest absolute Gasteiger partial charge is 0.494 e. The van der Waals surface area contributed by atoms with Crippen molar-refractivity contribution in [1.29, 1.82) is 0 Å². The van der Waals surface area contributed by atoms with Crippen molar-refractivity contribution in [1.82, 2.24) is 20.5 Å². The quantitative estimate of drug-likeness (QED) is 0.545. The Labute approximate surface area is 186 Å². The van der Waals surface area contributed by atoms with Gasteiger partial charge >= 0.3 is 6.03 Å². The highest BCUT2D eigenvalue weighted by atomic mass is 19.1. The van der Waals surface area contributed by atoms with Crippen LogP contribution in [0.2, 0.25) is 0 Å². The van der Waals surface area contributed by atoms with E-state index in [0.29, 0.717) is 23.3 Å². The number of pyridine rings is 1. The second kappa shape index (κ2) is 7.55.